The van der Waals surface area contributed by atoms with Gasteiger partial charge in [0.1, 0.15) is 0 Å². The van der Waals surface area contributed by atoms with Gasteiger partial charge in [0.25, 0.3) is 0 Å². The van der Waals surface area contributed by atoms with Crippen molar-refractivity contribution in [2.24, 2.45) is 0 Å². The van der Waals surface area contributed by atoms with E-state index in [2.05, 4.69) is 9.62 Å². The van der Waals surface area contributed by atoms with Crippen LogP contribution in [0.25, 0.3) is 0 Å². The number of nitrogens with zero attached hydrogens (tertiary/aromatic N) is 1. The molecule has 0 spiro atoms. The quantitative estimate of drug-likeness (QED) is 0.546. The topological polar surface area (TPSA) is 102 Å². The van der Waals surface area contributed by atoms with Crippen molar-refractivity contribution in [2.45, 2.75) is 29.4 Å². The highest BCUT2D eigenvalue weighted by molar-refractivity contribution is 7.92. The Labute approximate surface area is 200 Å². The fourth-order valence-corrected chi connectivity index (χ4v) is 6.47. The molecule has 0 saturated carbocycles. The van der Waals surface area contributed by atoms with Gasteiger partial charge < -0.3 is 14.4 Å². The average molecular weight is 517 g/mol. The number of ether oxygens (including phenoxy) is 2. The van der Waals surface area contributed by atoms with Crippen LogP contribution in [0.2, 0.25) is 5.02 Å². The minimum Gasteiger partial charge on any atom is -0.493 e. The maximum Gasteiger partial charge on any atom is 0.229 e. The normalized spacial score (nSPS) is 15.9. The minimum atomic E-state index is -3.49. The standard InChI is InChI=1S/C22H29ClN2O6S2/c1-30-21-14-16(20(23)15-22(21)31-2)8-11-25-12-9-19(10-13-25)33(28,29)18-6-4-17(5-7-18)24-32(3,26)27/h4-7,14-15,19,24H,8-13H2,1-3H3. The highest BCUT2D eigenvalue weighted by Crippen LogP contribution is 2.33. The van der Waals surface area contributed by atoms with Gasteiger partial charge in [0.15, 0.2) is 21.3 Å². The van der Waals surface area contributed by atoms with Crippen LogP contribution in [0.3, 0.4) is 0 Å². The molecule has 3 rings (SSSR count). The fraction of sp³-hybridized carbons (Fsp3) is 0.455. The van der Waals surface area contributed by atoms with Gasteiger partial charge in [-0.25, -0.2) is 16.8 Å². The fourth-order valence-electron chi connectivity index (χ4n) is 3.93. The zero-order valence-electron chi connectivity index (χ0n) is 18.9. The van der Waals surface area contributed by atoms with Gasteiger partial charge >= 0.3 is 0 Å². The summed E-state index contributed by atoms with van der Waals surface area (Å²) in [6, 6.07) is 9.46. The van der Waals surface area contributed by atoms with Crippen LogP contribution in [-0.4, -0.2) is 67.1 Å². The molecule has 1 aliphatic heterocycles. The van der Waals surface area contributed by atoms with Gasteiger partial charge in [-0.3, -0.25) is 4.72 Å². The third kappa shape index (κ3) is 6.53. The second-order valence-electron chi connectivity index (χ2n) is 8.03. The predicted octanol–water partition coefficient (Wildman–Crippen LogP) is 3.21. The van der Waals surface area contributed by atoms with E-state index in [0.717, 1.165) is 18.4 Å². The number of benzene rings is 2. The Morgan fingerprint density at radius 3 is 2.12 bits per heavy atom. The Balaban J connectivity index is 1.58. The van der Waals surface area contributed by atoms with Crippen molar-refractivity contribution in [1.29, 1.82) is 0 Å². The van der Waals surface area contributed by atoms with Crippen molar-refractivity contribution in [3.63, 3.8) is 0 Å². The second kappa shape index (κ2) is 10.5. The lowest BCUT2D eigenvalue weighted by atomic mass is 10.1. The van der Waals surface area contributed by atoms with E-state index in [4.69, 9.17) is 21.1 Å². The lowest BCUT2D eigenvalue weighted by Gasteiger charge is -2.31. The van der Waals surface area contributed by atoms with Crippen LogP contribution >= 0.6 is 11.6 Å². The molecule has 0 unspecified atom stereocenters. The number of anilines is 1. The van der Waals surface area contributed by atoms with E-state index in [9.17, 15) is 16.8 Å². The van der Waals surface area contributed by atoms with E-state index in [1.54, 1.807) is 20.3 Å². The second-order valence-corrected chi connectivity index (χ2v) is 12.4. The first-order chi connectivity index (χ1) is 15.5. The van der Waals surface area contributed by atoms with Crippen molar-refractivity contribution < 1.29 is 26.3 Å². The number of sulfonamides is 1. The number of nitrogens with one attached hydrogen (secondary N) is 1. The molecule has 1 saturated heterocycles. The first kappa shape index (κ1) is 25.6. The summed E-state index contributed by atoms with van der Waals surface area (Å²) in [7, 11) is -3.76. The molecular formula is C22H29ClN2O6S2. The van der Waals surface area contributed by atoms with Crippen molar-refractivity contribution in [3.05, 3.63) is 47.0 Å². The summed E-state index contributed by atoms with van der Waals surface area (Å²) in [5.74, 6) is 1.21. The molecule has 0 atom stereocenters. The number of hydrogen-bond donors (Lipinski definition) is 1. The Morgan fingerprint density at radius 1 is 1.00 bits per heavy atom. The molecule has 1 aliphatic rings. The molecule has 0 amide bonds. The van der Waals surface area contributed by atoms with E-state index in [-0.39, 0.29) is 4.90 Å². The lowest BCUT2D eigenvalue weighted by molar-refractivity contribution is 0.232. The largest absolute Gasteiger partial charge is 0.493 e. The molecule has 8 nitrogen and oxygen atoms in total. The highest BCUT2D eigenvalue weighted by Gasteiger charge is 2.31. The molecule has 182 valence electrons. The monoisotopic (exact) mass is 516 g/mol. The summed E-state index contributed by atoms with van der Waals surface area (Å²) < 4.78 is 61.7. The minimum absolute atomic E-state index is 0.206. The number of likely N-dealkylation sites (tertiary alicyclic amines) is 1. The van der Waals surface area contributed by atoms with Gasteiger partial charge in [-0.05, 0) is 68.2 Å². The summed E-state index contributed by atoms with van der Waals surface area (Å²) in [6.07, 6.45) is 2.83. The Bertz CT molecular complexity index is 1180. The Kier molecular flexibility index (Phi) is 8.15. The highest BCUT2D eigenvalue weighted by atomic mass is 35.5. The van der Waals surface area contributed by atoms with Crippen LogP contribution in [0.15, 0.2) is 41.3 Å². The van der Waals surface area contributed by atoms with Gasteiger partial charge in [0.2, 0.25) is 10.0 Å². The predicted molar refractivity (Wildman–Crippen MR) is 130 cm³/mol. The first-order valence-electron chi connectivity index (χ1n) is 10.5. The van der Waals surface area contributed by atoms with Crippen molar-refractivity contribution in [2.75, 3.05) is 44.8 Å². The van der Waals surface area contributed by atoms with Crippen molar-refractivity contribution >= 4 is 37.1 Å². The van der Waals surface area contributed by atoms with E-state index >= 15 is 0 Å². The van der Waals surface area contributed by atoms with Crippen molar-refractivity contribution in [3.8, 4) is 11.5 Å². The molecule has 0 bridgehead atoms. The number of rotatable bonds is 9. The van der Waals surface area contributed by atoms with E-state index in [0.29, 0.717) is 54.6 Å². The van der Waals surface area contributed by atoms with Crippen LogP contribution in [0.4, 0.5) is 5.69 Å². The zero-order chi connectivity index (χ0) is 24.2. The van der Waals surface area contributed by atoms with Gasteiger partial charge in [0, 0.05) is 23.3 Å². The molecule has 1 N–H and O–H groups in total. The Morgan fingerprint density at radius 2 is 1.58 bits per heavy atom. The van der Waals surface area contributed by atoms with Crippen LogP contribution in [0, 0.1) is 0 Å². The summed E-state index contributed by atoms with van der Waals surface area (Å²) in [5, 5.41) is 0.144. The van der Waals surface area contributed by atoms with Crippen LogP contribution in [0.5, 0.6) is 11.5 Å². The zero-order valence-corrected chi connectivity index (χ0v) is 21.3. The molecule has 2 aromatic rings. The number of methoxy groups -OCH3 is 2. The van der Waals surface area contributed by atoms with E-state index < -0.39 is 25.1 Å². The summed E-state index contributed by atoms with van der Waals surface area (Å²) >= 11 is 6.38. The number of sulfone groups is 1. The molecule has 0 aliphatic carbocycles. The maximum atomic E-state index is 13.0. The molecule has 1 fully saturated rings. The van der Waals surface area contributed by atoms with Crippen molar-refractivity contribution in [1.82, 2.24) is 4.90 Å². The third-order valence-electron chi connectivity index (χ3n) is 5.71. The van der Waals surface area contributed by atoms with Gasteiger partial charge in [-0.2, -0.15) is 0 Å². The van der Waals surface area contributed by atoms with Crippen LogP contribution in [-0.2, 0) is 26.3 Å². The molecule has 11 heteroatoms. The molecule has 2 aromatic carbocycles. The summed E-state index contributed by atoms with van der Waals surface area (Å²) in [6.45, 7) is 2.10. The first-order valence-corrected chi connectivity index (χ1v) is 14.3. The summed E-state index contributed by atoms with van der Waals surface area (Å²) in [5.41, 5.74) is 1.28. The Hall–Kier alpha value is -2.01. The van der Waals surface area contributed by atoms with Crippen LogP contribution in [0.1, 0.15) is 18.4 Å². The molecule has 33 heavy (non-hydrogen) atoms. The number of hydrogen-bond acceptors (Lipinski definition) is 7. The van der Waals surface area contributed by atoms with E-state index in [1.807, 2.05) is 6.07 Å². The summed E-state index contributed by atoms with van der Waals surface area (Å²) in [4.78, 5) is 2.44. The number of halogens is 1. The third-order valence-corrected chi connectivity index (χ3v) is 8.95. The number of piperidine rings is 1. The van der Waals surface area contributed by atoms with Crippen LogP contribution < -0.4 is 14.2 Å². The lowest BCUT2D eigenvalue weighted by Crippen LogP contribution is -2.40. The van der Waals surface area contributed by atoms with Gasteiger partial charge in [0.05, 0.1) is 30.6 Å². The maximum absolute atomic E-state index is 13.0. The van der Waals surface area contributed by atoms with E-state index in [1.165, 1.54) is 24.3 Å². The smallest absolute Gasteiger partial charge is 0.229 e. The molecule has 0 radical (unpaired) electrons. The van der Waals surface area contributed by atoms with Gasteiger partial charge in [-0.15, -0.1) is 0 Å². The SMILES string of the molecule is COc1cc(Cl)c(CCN2CCC(S(=O)(=O)c3ccc(NS(C)(=O)=O)cc3)CC2)cc1OC. The van der Waals surface area contributed by atoms with Gasteiger partial charge in [-0.1, -0.05) is 11.6 Å². The average Bonchev–Trinajstić information content (AvgIpc) is 2.77. The molecule has 1 heterocycles. The molecule has 0 aromatic heterocycles. The molecular weight excluding hydrogens is 488 g/mol.